The van der Waals surface area contributed by atoms with E-state index in [2.05, 4.69) is 4.74 Å². The van der Waals surface area contributed by atoms with E-state index in [-0.39, 0.29) is 17.9 Å². The zero-order chi connectivity index (χ0) is 16.0. The summed E-state index contributed by atoms with van der Waals surface area (Å²) in [5.41, 5.74) is -1.40. The van der Waals surface area contributed by atoms with Gasteiger partial charge in [0, 0.05) is 13.2 Å². The highest BCUT2D eigenvalue weighted by atomic mass is 19.4. The van der Waals surface area contributed by atoms with Gasteiger partial charge in [-0.2, -0.15) is 18.4 Å². The Balaban J connectivity index is 3.18. The van der Waals surface area contributed by atoms with Crippen LogP contribution < -0.4 is 4.90 Å². The molecule has 0 bridgehead atoms. The molecule has 0 heterocycles. The van der Waals surface area contributed by atoms with E-state index in [1.807, 2.05) is 0 Å². The predicted octanol–water partition coefficient (Wildman–Crippen LogP) is 3.11. The molecule has 0 spiro atoms. The van der Waals surface area contributed by atoms with Crippen LogP contribution in [-0.2, 0) is 15.7 Å². The monoisotopic (exact) mass is 298 g/mol. The molecule has 0 aliphatic carbocycles. The number of ether oxygens (including phenoxy) is 1. The van der Waals surface area contributed by atoms with Gasteiger partial charge >= 0.3 is 12.1 Å². The van der Waals surface area contributed by atoms with Crippen LogP contribution in [0.15, 0.2) is 36.0 Å². The van der Waals surface area contributed by atoms with Crippen molar-refractivity contribution in [2.75, 3.05) is 18.6 Å². The maximum Gasteiger partial charge on any atom is 0.418 e. The Morgan fingerprint density at radius 1 is 1.43 bits per heavy atom. The first-order valence-corrected chi connectivity index (χ1v) is 5.99. The highest BCUT2D eigenvalue weighted by Gasteiger charge is 2.34. The molecule has 0 aliphatic heterocycles. The quantitative estimate of drug-likeness (QED) is 0.487. The average Bonchev–Trinajstić information content (AvgIpc) is 2.43. The summed E-state index contributed by atoms with van der Waals surface area (Å²) >= 11 is 0. The number of nitrogens with zero attached hydrogens (tertiary/aromatic N) is 2. The molecule has 0 aromatic heterocycles. The second-order valence-corrected chi connectivity index (χ2v) is 4.00. The number of nitriles is 1. The molecule has 4 nitrogen and oxygen atoms in total. The van der Waals surface area contributed by atoms with Crippen molar-refractivity contribution in [3.8, 4) is 6.07 Å². The molecular weight excluding hydrogens is 285 g/mol. The predicted molar refractivity (Wildman–Crippen MR) is 70.2 cm³/mol. The maximum atomic E-state index is 12.9. The van der Waals surface area contributed by atoms with Gasteiger partial charge in [0.1, 0.15) is 6.07 Å². The first kappa shape index (κ1) is 16.6. The third-order valence-corrected chi connectivity index (χ3v) is 2.53. The number of hydrogen-bond acceptors (Lipinski definition) is 4. The van der Waals surface area contributed by atoms with Crippen molar-refractivity contribution in [1.29, 1.82) is 5.26 Å². The Morgan fingerprint density at radius 3 is 2.57 bits per heavy atom. The van der Waals surface area contributed by atoms with Crippen molar-refractivity contribution >= 4 is 11.7 Å². The smallest absolute Gasteiger partial charge is 0.418 e. The average molecular weight is 298 g/mol. The van der Waals surface area contributed by atoms with Gasteiger partial charge in [-0.05, 0) is 19.1 Å². The summed E-state index contributed by atoms with van der Waals surface area (Å²) < 4.78 is 43.4. The molecule has 0 saturated heterocycles. The highest BCUT2D eigenvalue weighted by molar-refractivity contribution is 5.93. The second-order valence-electron chi connectivity index (χ2n) is 4.00. The lowest BCUT2D eigenvalue weighted by Gasteiger charge is -2.20. The number of carbonyl (C=O) groups is 1. The van der Waals surface area contributed by atoms with Crippen molar-refractivity contribution in [1.82, 2.24) is 0 Å². The van der Waals surface area contributed by atoms with Gasteiger partial charge in [-0.15, -0.1) is 0 Å². The highest BCUT2D eigenvalue weighted by Crippen LogP contribution is 2.36. The maximum absolute atomic E-state index is 12.9. The van der Waals surface area contributed by atoms with Crippen LogP contribution in [-0.4, -0.2) is 19.6 Å². The van der Waals surface area contributed by atoms with E-state index in [1.165, 1.54) is 25.2 Å². The molecule has 0 radical (unpaired) electrons. The van der Waals surface area contributed by atoms with E-state index in [0.29, 0.717) is 0 Å². The molecule has 21 heavy (non-hydrogen) atoms. The minimum absolute atomic E-state index is 0.0701. The van der Waals surface area contributed by atoms with Gasteiger partial charge in [-0.3, -0.25) is 0 Å². The van der Waals surface area contributed by atoms with Crippen LogP contribution in [0.1, 0.15) is 12.5 Å². The Kier molecular flexibility index (Phi) is 5.36. The lowest BCUT2D eigenvalue weighted by atomic mass is 10.1. The topological polar surface area (TPSA) is 53.3 Å². The number of rotatable bonds is 4. The van der Waals surface area contributed by atoms with Crippen molar-refractivity contribution in [3.63, 3.8) is 0 Å². The molecule has 0 N–H and O–H groups in total. The molecule has 1 aromatic rings. The zero-order valence-corrected chi connectivity index (χ0v) is 11.4. The van der Waals surface area contributed by atoms with E-state index in [0.717, 1.165) is 17.2 Å². The molecule has 112 valence electrons. The number of esters is 1. The SMILES string of the molecule is CCOC(=O)/C(C#N)=C\N(C)c1ccccc1C(F)(F)F. The second kappa shape index (κ2) is 6.79. The van der Waals surface area contributed by atoms with Gasteiger partial charge < -0.3 is 9.64 Å². The van der Waals surface area contributed by atoms with Gasteiger partial charge in [0.05, 0.1) is 17.9 Å². The molecule has 1 aromatic carbocycles. The van der Waals surface area contributed by atoms with Crippen LogP contribution in [0.4, 0.5) is 18.9 Å². The fourth-order valence-corrected chi connectivity index (χ4v) is 1.62. The van der Waals surface area contributed by atoms with Crippen LogP contribution >= 0.6 is 0 Å². The fourth-order valence-electron chi connectivity index (χ4n) is 1.62. The minimum Gasteiger partial charge on any atom is -0.462 e. The zero-order valence-electron chi connectivity index (χ0n) is 11.4. The van der Waals surface area contributed by atoms with E-state index in [4.69, 9.17) is 5.26 Å². The van der Waals surface area contributed by atoms with Crippen molar-refractivity contribution in [2.45, 2.75) is 13.1 Å². The molecule has 0 saturated carbocycles. The van der Waals surface area contributed by atoms with Crippen molar-refractivity contribution < 1.29 is 22.7 Å². The van der Waals surface area contributed by atoms with Crippen LogP contribution in [0.2, 0.25) is 0 Å². The van der Waals surface area contributed by atoms with Crippen molar-refractivity contribution in [3.05, 3.63) is 41.6 Å². The number of hydrogen-bond donors (Lipinski definition) is 0. The lowest BCUT2D eigenvalue weighted by molar-refractivity contribution is -0.138. The number of carbonyl (C=O) groups excluding carboxylic acids is 1. The Hall–Kier alpha value is -2.49. The summed E-state index contributed by atoms with van der Waals surface area (Å²) in [5, 5.41) is 8.88. The third kappa shape index (κ3) is 4.24. The molecule has 0 amide bonds. The summed E-state index contributed by atoms with van der Waals surface area (Å²) in [4.78, 5) is 12.5. The number of anilines is 1. The van der Waals surface area contributed by atoms with Crippen LogP contribution in [0.25, 0.3) is 0 Å². The molecule has 0 fully saturated rings. The van der Waals surface area contributed by atoms with Crippen LogP contribution in [0, 0.1) is 11.3 Å². The van der Waals surface area contributed by atoms with Crippen molar-refractivity contribution in [2.24, 2.45) is 0 Å². The van der Waals surface area contributed by atoms with E-state index >= 15 is 0 Å². The minimum atomic E-state index is -4.53. The van der Waals surface area contributed by atoms with Gasteiger partial charge in [0.2, 0.25) is 0 Å². The standard InChI is InChI=1S/C14H13F3N2O2/c1-3-21-13(20)10(8-18)9-19(2)12-7-5-4-6-11(12)14(15,16)17/h4-7,9H,3H2,1-2H3/b10-9-. The summed E-state index contributed by atoms with van der Waals surface area (Å²) in [6, 6.07) is 6.49. The van der Waals surface area contributed by atoms with Gasteiger partial charge in [-0.1, -0.05) is 12.1 Å². The Labute approximate surface area is 120 Å². The molecule has 1 rings (SSSR count). The molecule has 0 aliphatic rings. The molecule has 0 unspecified atom stereocenters. The van der Waals surface area contributed by atoms with Gasteiger partial charge in [-0.25, -0.2) is 4.79 Å². The van der Waals surface area contributed by atoms with E-state index < -0.39 is 17.7 Å². The van der Waals surface area contributed by atoms with Crippen LogP contribution in [0.5, 0.6) is 0 Å². The normalized spacial score (nSPS) is 11.7. The van der Waals surface area contributed by atoms with Gasteiger partial charge in [0.15, 0.2) is 5.57 Å². The van der Waals surface area contributed by atoms with Gasteiger partial charge in [0.25, 0.3) is 0 Å². The summed E-state index contributed by atoms with van der Waals surface area (Å²) in [5.74, 6) is -0.878. The largest absolute Gasteiger partial charge is 0.462 e. The van der Waals surface area contributed by atoms with E-state index in [1.54, 1.807) is 13.0 Å². The van der Waals surface area contributed by atoms with E-state index in [9.17, 15) is 18.0 Å². The van der Waals surface area contributed by atoms with Crippen LogP contribution in [0.3, 0.4) is 0 Å². The summed E-state index contributed by atoms with van der Waals surface area (Å²) in [6.07, 6.45) is -3.52. The molecular formula is C14H13F3N2O2. The number of para-hydroxylation sites is 1. The first-order chi connectivity index (χ1) is 9.81. The molecule has 0 atom stereocenters. The fraction of sp³-hybridized carbons (Fsp3) is 0.286. The number of alkyl halides is 3. The summed E-state index contributed by atoms with van der Waals surface area (Å²) in [6.45, 7) is 1.64. The third-order valence-electron chi connectivity index (χ3n) is 2.53. The Morgan fingerprint density at radius 2 is 2.05 bits per heavy atom. The Bertz CT molecular complexity index is 589. The lowest BCUT2D eigenvalue weighted by Crippen LogP contribution is -2.18. The molecule has 7 heteroatoms. The number of benzene rings is 1. The first-order valence-electron chi connectivity index (χ1n) is 5.99. The summed E-state index contributed by atoms with van der Waals surface area (Å²) in [7, 11) is 1.32. The number of halogens is 3.